The summed E-state index contributed by atoms with van der Waals surface area (Å²) in [7, 11) is 0. The van der Waals surface area contributed by atoms with Gasteiger partial charge in [-0.05, 0) is 52.7 Å². The lowest BCUT2D eigenvalue weighted by Crippen LogP contribution is -2.20. The van der Waals surface area contributed by atoms with Crippen LogP contribution in [0.25, 0.3) is 0 Å². The summed E-state index contributed by atoms with van der Waals surface area (Å²) >= 11 is 3.06. The van der Waals surface area contributed by atoms with Crippen molar-refractivity contribution in [1.82, 2.24) is 0 Å². The highest BCUT2D eigenvalue weighted by molar-refractivity contribution is 9.10. The molecule has 0 radical (unpaired) electrons. The van der Waals surface area contributed by atoms with E-state index in [1.54, 1.807) is 18.2 Å². The van der Waals surface area contributed by atoms with Crippen LogP contribution < -0.4 is 10.6 Å². The Morgan fingerprint density at radius 1 is 1.16 bits per heavy atom. The topological polar surface area (TPSA) is 41.1 Å². The highest BCUT2D eigenvalue weighted by atomic mass is 79.9. The maximum absolute atomic E-state index is 13.3. The molecule has 0 aromatic heterocycles. The number of hydrogen-bond donors (Lipinski definition) is 2. The third-order valence-corrected chi connectivity index (χ3v) is 3.21. The van der Waals surface area contributed by atoms with Gasteiger partial charge in [-0.1, -0.05) is 18.2 Å². The van der Waals surface area contributed by atoms with Crippen molar-refractivity contribution in [1.29, 1.82) is 0 Å². The number of para-hydroxylation sites is 1. The minimum atomic E-state index is -0.423. The molecule has 0 bridgehead atoms. The Balaban J connectivity index is 2.05. The van der Waals surface area contributed by atoms with E-state index in [9.17, 15) is 9.18 Å². The predicted octanol–water partition coefficient (Wildman–Crippen LogP) is 4.54. The summed E-state index contributed by atoms with van der Waals surface area (Å²) in [5.74, 6) is -0.423. The molecule has 0 atom stereocenters. The molecule has 0 aliphatic heterocycles. The Morgan fingerprint density at radius 2 is 1.89 bits per heavy atom. The molecule has 0 unspecified atom stereocenters. The van der Waals surface area contributed by atoms with Crippen molar-refractivity contribution in [3.63, 3.8) is 0 Å². The molecule has 5 heteroatoms. The number of nitrogens with one attached hydrogen (secondary N) is 2. The van der Waals surface area contributed by atoms with Gasteiger partial charge in [-0.25, -0.2) is 9.18 Å². The molecular formula is C14H12BrFN2O. The van der Waals surface area contributed by atoms with Crippen molar-refractivity contribution >= 4 is 33.3 Å². The van der Waals surface area contributed by atoms with Gasteiger partial charge in [0.05, 0.1) is 4.47 Å². The summed E-state index contributed by atoms with van der Waals surface area (Å²) in [6, 6.07) is 11.4. The fourth-order valence-electron chi connectivity index (χ4n) is 1.57. The average Bonchev–Trinajstić information content (AvgIpc) is 2.37. The molecule has 3 nitrogen and oxygen atoms in total. The molecule has 0 saturated heterocycles. The lowest BCUT2D eigenvalue weighted by atomic mass is 10.2. The molecule has 2 aromatic rings. The number of urea groups is 1. The quantitative estimate of drug-likeness (QED) is 0.837. The largest absolute Gasteiger partial charge is 0.323 e. The van der Waals surface area contributed by atoms with Gasteiger partial charge in [-0.2, -0.15) is 0 Å². The first-order valence-electron chi connectivity index (χ1n) is 5.65. The van der Waals surface area contributed by atoms with Crippen LogP contribution in [0.3, 0.4) is 0 Å². The normalized spacial score (nSPS) is 10.1. The Hall–Kier alpha value is -1.88. The first-order chi connectivity index (χ1) is 9.06. The van der Waals surface area contributed by atoms with E-state index < -0.39 is 11.8 Å². The second kappa shape index (κ2) is 5.84. The third kappa shape index (κ3) is 3.54. The fourth-order valence-corrected chi connectivity index (χ4v) is 1.82. The van der Waals surface area contributed by atoms with Crippen molar-refractivity contribution < 1.29 is 9.18 Å². The Labute approximate surface area is 119 Å². The number of rotatable bonds is 2. The summed E-state index contributed by atoms with van der Waals surface area (Å²) in [6.45, 7) is 1.90. The number of halogens is 2. The number of carbonyl (C=O) groups excluding carboxylic acids is 1. The summed E-state index contributed by atoms with van der Waals surface area (Å²) in [6.07, 6.45) is 0. The van der Waals surface area contributed by atoms with Crippen molar-refractivity contribution in [3.8, 4) is 0 Å². The van der Waals surface area contributed by atoms with Crippen LogP contribution in [-0.4, -0.2) is 6.03 Å². The average molecular weight is 323 g/mol. The van der Waals surface area contributed by atoms with E-state index in [0.29, 0.717) is 10.2 Å². The van der Waals surface area contributed by atoms with Gasteiger partial charge in [-0.15, -0.1) is 0 Å². The molecule has 2 aromatic carbocycles. The van der Waals surface area contributed by atoms with E-state index in [1.807, 2.05) is 25.1 Å². The van der Waals surface area contributed by atoms with E-state index in [1.165, 1.54) is 6.07 Å². The first-order valence-corrected chi connectivity index (χ1v) is 6.44. The molecule has 98 valence electrons. The maximum Gasteiger partial charge on any atom is 0.323 e. The number of aryl methyl sites for hydroxylation is 1. The predicted molar refractivity (Wildman–Crippen MR) is 77.9 cm³/mol. The zero-order valence-electron chi connectivity index (χ0n) is 10.2. The lowest BCUT2D eigenvalue weighted by molar-refractivity contribution is 0.262. The molecule has 2 rings (SSSR count). The van der Waals surface area contributed by atoms with Gasteiger partial charge in [0.1, 0.15) is 5.82 Å². The van der Waals surface area contributed by atoms with Crippen molar-refractivity contribution in [2.24, 2.45) is 0 Å². The Kier molecular flexibility index (Phi) is 4.16. The number of carbonyl (C=O) groups is 1. The summed E-state index contributed by atoms with van der Waals surface area (Å²) in [4.78, 5) is 11.8. The van der Waals surface area contributed by atoms with Gasteiger partial charge in [0.15, 0.2) is 0 Å². The van der Waals surface area contributed by atoms with Crippen LogP contribution in [0.1, 0.15) is 5.56 Å². The van der Waals surface area contributed by atoms with Crippen LogP contribution in [0, 0.1) is 12.7 Å². The van der Waals surface area contributed by atoms with Crippen LogP contribution in [-0.2, 0) is 0 Å². The monoisotopic (exact) mass is 322 g/mol. The first kappa shape index (κ1) is 13.5. The highest BCUT2D eigenvalue weighted by Crippen LogP contribution is 2.20. The van der Waals surface area contributed by atoms with Crippen molar-refractivity contribution in [2.75, 3.05) is 10.6 Å². The van der Waals surface area contributed by atoms with E-state index in [4.69, 9.17) is 0 Å². The zero-order valence-corrected chi connectivity index (χ0v) is 11.8. The molecule has 2 amide bonds. The second-order valence-electron chi connectivity index (χ2n) is 4.02. The summed E-state index contributed by atoms with van der Waals surface area (Å²) in [5.41, 5.74) is 2.07. The molecule has 2 N–H and O–H groups in total. The van der Waals surface area contributed by atoms with Crippen LogP contribution in [0.4, 0.5) is 20.6 Å². The standard InChI is InChI=1S/C14H12BrFN2O/c1-9-4-2-3-5-13(9)18-14(19)17-10-6-7-11(15)12(16)8-10/h2-8H,1H3,(H2,17,18,19). The molecule has 0 saturated carbocycles. The van der Waals surface area contributed by atoms with Gasteiger partial charge in [-0.3, -0.25) is 0 Å². The number of benzene rings is 2. The van der Waals surface area contributed by atoms with Gasteiger partial charge >= 0.3 is 6.03 Å². The molecular weight excluding hydrogens is 311 g/mol. The van der Waals surface area contributed by atoms with Crippen LogP contribution in [0.5, 0.6) is 0 Å². The van der Waals surface area contributed by atoms with Crippen molar-refractivity contribution in [2.45, 2.75) is 6.92 Å². The minimum Gasteiger partial charge on any atom is -0.308 e. The molecule has 0 spiro atoms. The van der Waals surface area contributed by atoms with Crippen LogP contribution in [0.15, 0.2) is 46.9 Å². The van der Waals surface area contributed by atoms with Crippen LogP contribution >= 0.6 is 15.9 Å². The highest BCUT2D eigenvalue weighted by Gasteiger charge is 2.06. The van der Waals surface area contributed by atoms with Gasteiger partial charge in [0.2, 0.25) is 0 Å². The zero-order chi connectivity index (χ0) is 13.8. The lowest BCUT2D eigenvalue weighted by Gasteiger charge is -2.10. The molecule has 0 aliphatic carbocycles. The van der Waals surface area contributed by atoms with E-state index in [0.717, 1.165) is 11.3 Å². The molecule has 19 heavy (non-hydrogen) atoms. The molecule has 0 heterocycles. The Bertz CT molecular complexity index is 616. The maximum atomic E-state index is 13.3. The number of hydrogen-bond acceptors (Lipinski definition) is 1. The van der Waals surface area contributed by atoms with Gasteiger partial charge < -0.3 is 10.6 Å². The minimum absolute atomic E-state index is 0.359. The molecule has 0 fully saturated rings. The molecule has 0 aliphatic rings. The SMILES string of the molecule is Cc1ccccc1NC(=O)Nc1ccc(Br)c(F)c1. The van der Waals surface area contributed by atoms with E-state index >= 15 is 0 Å². The van der Waals surface area contributed by atoms with Gasteiger partial charge in [0, 0.05) is 11.4 Å². The van der Waals surface area contributed by atoms with E-state index in [-0.39, 0.29) is 0 Å². The fraction of sp³-hybridized carbons (Fsp3) is 0.0714. The second-order valence-corrected chi connectivity index (χ2v) is 4.88. The van der Waals surface area contributed by atoms with Crippen LogP contribution in [0.2, 0.25) is 0 Å². The van der Waals surface area contributed by atoms with E-state index in [2.05, 4.69) is 26.6 Å². The van der Waals surface area contributed by atoms with Gasteiger partial charge in [0.25, 0.3) is 0 Å². The summed E-state index contributed by atoms with van der Waals surface area (Å²) in [5, 5.41) is 5.28. The third-order valence-electron chi connectivity index (χ3n) is 2.57. The van der Waals surface area contributed by atoms with Crippen molar-refractivity contribution in [3.05, 3.63) is 58.3 Å². The number of amides is 2. The Morgan fingerprint density at radius 3 is 2.58 bits per heavy atom. The summed E-state index contributed by atoms with van der Waals surface area (Å²) < 4.78 is 13.7. The smallest absolute Gasteiger partial charge is 0.308 e. The number of anilines is 2.